The Bertz CT molecular complexity index is 875. The van der Waals surface area contributed by atoms with Crippen molar-refractivity contribution in [2.24, 2.45) is 0 Å². The van der Waals surface area contributed by atoms with Crippen molar-refractivity contribution >= 4 is 34.8 Å². The molecule has 0 saturated heterocycles. The molecule has 2 aromatic heterocycles. The summed E-state index contributed by atoms with van der Waals surface area (Å²) in [6.45, 7) is 6.12. The number of nitrogens with zero attached hydrogens (tertiary/aromatic N) is 5. The Hall–Kier alpha value is -2.54. The predicted molar refractivity (Wildman–Crippen MR) is 105 cm³/mol. The molecule has 0 unspecified atom stereocenters. The molecule has 0 aliphatic heterocycles. The van der Waals surface area contributed by atoms with Crippen LogP contribution in [-0.2, 0) is 0 Å². The zero-order chi connectivity index (χ0) is 18.5. The number of anilines is 3. The molecule has 7 nitrogen and oxygen atoms in total. The molecule has 0 saturated carbocycles. The summed E-state index contributed by atoms with van der Waals surface area (Å²) in [5.41, 5.74) is 1.46. The largest absolute Gasteiger partial charge is 0.497 e. The SMILES string of the molecule is CCCN(CCC)c1nc(Nc2ccc(OC)cc2Cl)nc2ccnn12. The summed E-state index contributed by atoms with van der Waals surface area (Å²) in [6, 6.07) is 7.30. The second kappa shape index (κ2) is 8.23. The monoisotopic (exact) mass is 374 g/mol. The van der Waals surface area contributed by atoms with Gasteiger partial charge in [-0.3, -0.25) is 0 Å². The van der Waals surface area contributed by atoms with E-state index in [1.165, 1.54) is 0 Å². The van der Waals surface area contributed by atoms with Crippen molar-refractivity contribution in [1.82, 2.24) is 19.6 Å². The molecule has 8 heteroatoms. The molecule has 0 aliphatic carbocycles. The average molecular weight is 375 g/mol. The van der Waals surface area contributed by atoms with Crippen LogP contribution in [0.2, 0.25) is 5.02 Å². The molecule has 26 heavy (non-hydrogen) atoms. The number of methoxy groups -OCH3 is 1. The summed E-state index contributed by atoms with van der Waals surface area (Å²) >= 11 is 6.33. The summed E-state index contributed by atoms with van der Waals surface area (Å²) in [5.74, 6) is 1.96. The topological polar surface area (TPSA) is 67.6 Å². The van der Waals surface area contributed by atoms with Gasteiger partial charge < -0.3 is 15.0 Å². The number of hydrogen-bond donors (Lipinski definition) is 1. The van der Waals surface area contributed by atoms with Crippen LogP contribution in [0.15, 0.2) is 30.5 Å². The van der Waals surface area contributed by atoms with E-state index in [2.05, 4.69) is 34.1 Å². The molecule has 0 fully saturated rings. The lowest BCUT2D eigenvalue weighted by molar-refractivity contribution is 0.415. The van der Waals surface area contributed by atoms with Crippen molar-refractivity contribution in [2.45, 2.75) is 26.7 Å². The van der Waals surface area contributed by atoms with Crippen molar-refractivity contribution < 1.29 is 4.74 Å². The van der Waals surface area contributed by atoms with Crippen LogP contribution in [0.1, 0.15) is 26.7 Å². The fraction of sp³-hybridized carbons (Fsp3) is 0.389. The van der Waals surface area contributed by atoms with E-state index < -0.39 is 0 Å². The Kier molecular flexibility index (Phi) is 5.78. The molecule has 3 rings (SSSR count). The van der Waals surface area contributed by atoms with Gasteiger partial charge in [-0.2, -0.15) is 19.6 Å². The van der Waals surface area contributed by atoms with Crippen molar-refractivity contribution in [2.75, 3.05) is 30.4 Å². The lowest BCUT2D eigenvalue weighted by Crippen LogP contribution is -2.28. The molecule has 1 aromatic carbocycles. The minimum absolute atomic E-state index is 0.484. The number of aromatic nitrogens is 4. The zero-order valence-electron chi connectivity index (χ0n) is 15.2. The van der Waals surface area contributed by atoms with Crippen LogP contribution in [0.4, 0.5) is 17.6 Å². The number of hydrogen-bond acceptors (Lipinski definition) is 6. The lowest BCUT2D eigenvalue weighted by atomic mass is 10.3. The number of halogens is 1. The number of rotatable bonds is 8. The minimum Gasteiger partial charge on any atom is -0.497 e. The first-order valence-electron chi connectivity index (χ1n) is 8.73. The Morgan fingerprint density at radius 2 is 1.92 bits per heavy atom. The number of nitrogens with one attached hydrogen (secondary N) is 1. The first kappa shape index (κ1) is 18.3. The maximum atomic E-state index is 6.33. The Morgan fingerprint density at radius 3 is 2.58 bits per heavy atom. The van der Waals surface area contributed by atoms with Crippen LogP contribution in [-0.4, -0.2) is 39.8 Å². The molecule has 1 N–H and O–H groups in total. The Morgan fingerprint density at radius 1 is 1.15 bits per heavy atom. The smallest absolute Gasteiger partial charge is 0.232 e. The zero-order valence-corrected chi connectivity index (χ0v) is 16.0. The van der Waals surface area contributed by atoms with E-state index in [1.54, 1.807) is 23.9 Å². The molecule has 0 radical (unpaired) electrons. The quantitative estimate of drug-likeness (QED) is 0.638. The van der Waals surface area contributed by atoms with E-state index in [0.29, 0.717) is 16.7 Å². The lowest BCUT2D eigenvalue weighted by Gasteiger charge is -2.23. The van der Waals surface area contributed by atoms with Gasteiger partial charge >= 0.3 is 0 Å². The third-order valence-electron chi connectivity index (χ3n) is 3.93. The van der Waals surface area contributed by atoms with Crippen LogP contribution in [0, 0.1) is 0 Å². The van der Waals surface area contributed by atoms with Gasteiger partial charge in [0.15, 0.2) is 5.65 Å². The third-order valence-corrected chi connectivity index (χ3v) is 4.24. The maximum Gasteiger partial charge on any atom is 0.232 e. The molecule has 138 valence electrons. The highest BCUT2D eigenvalue weighted by atomic mass is 35.5. The first-order chi connectivity index (χ1) is 12.7. The molecule has 0 amide bonds. The molecule has 3 aromatic rings. The summed E-state index contributed by atoms with van der Waals surface area (Å²) < 4.78 is 6.96. The Balaban J connectivity index is 1.99. The standard InChI is InChI=1S/C18H23ClN6O/c1-4-10-24(11-5-2)18-23-17(22-16-8-9-20-25(16)18)21-15-7-6-13(26-3)12-14(15)19/h6-9,12H,4-5,10-11H2,1-3H3,(H,21,22). The number of ether oxygens (including phenoxy) is 1. The minimum atomic E-state index is 0.484. The van der Waals surface area contributed by atoms with Crippen LogP contribution in [0.3, 0.4) is 0 Å². The van der Waals surface area contributed by atoms with Crippen molar-refractivity contribution in [1.29, 1.82) is 0 Å². The van der Waals surface area contributed by atoms with Gasteiger partial charge in [0.2, 0.25) is 11.9 Å². The average Bonchev–Trinajstić information content (AvgIpc) is 3.11. The van der Waals surface area contributed by atoms with Gasteiger partial charge in [-0.1, -0.05) is 25.4 Å². The van der Waals surface area contributed by atoms with E-state index in [-0.39, 0.29) is 0 Å². The van der Waals surface area contributed by atoms with Gasteiger partial charge in [0.1, 0.15) is 5.75 Å². The molecule has 2 heterocycles. The van der Waals surface area contributed by atoms with Gasteiger partial charge in [-0.05, 0) is 25.0 Å². The van der Waals surface area contributed by atoms with Crippen LogP contribution in [0.25, 0.3) is 5.65 Å². The maximum absolute atomic E-state index is 6.33. The number of fused-ring (bicyclic) bond motifs is 1. The van der Waals surface area contributed by atoms with Crippen LogP contribution >= 0.6 is 11.6 Å². The molecular formula is C18H23ClN6O. The van der Waals surface area contributed by atoms with Crippen molar-refractivity contribution in [3.8, 4) is 5.75 Å². The van der Waals surface area contributed by atoms with E-state index in [0.717, 1.165) is 43.2 Å². The number of benzene rings is 1. The van der Waals surface area contributed by atoms with E-state index in [1.807, 2.05) is 18.2 Å². The molecule has 0 aliphatic rings. The van der Waals surface area contributed by atoms with Gasteiger partial charge in [0.25, 0.3) is 0 Å². The molecule has 0 atom stereocenters. The fourth-order valence-corrected chi connectivity index (χ4v) is 2.99. The molecule has 0 spiro atoms. The summed E-state index contributed by atoms with van der Waals surface area (Å²) in [4.78, 5) is 11.5. The van der Waals surface area contributed by atoms with E-state index in [9.17, 15) is 0 Å². The highest BCUT2D eigenvalue weighted by molar-refractivity contribution is 6.33. The van der Waals surface area contributed by atoms with E-state index in [4.69, 9.17) is 21.3 Å². The van der Waals surface area contributed by atoms with Crippen molar-refractivity contribution in [3.05, 3.63) is 35.5 Å². The van der Waals surface area contributed by atoms with Crippen LogP contribution < -0.4 is 15.0 Å². The Labute approximate surface area is 158 Å². The normalized spacial score (nSPS) is 10.9. The first-order valence-corrected chi connectivity index (χ1v) is 9.11. The fourth-order valence-electron chi connectivity index (χ4n) is 2.77. The van der Waals surface area contributed by atoms with Crippen LogP contribution in [0.5, 0.6) is 5.75 Å². The molecular weight excluding hydrogens is 352 g/mol. The predicted octanol–water partition coefficient (Wildman–Crippen LogP) is 4.16. The summed E-state index contributed by atoms with van der Waals surface area (Å²) in [6.07, 6.45) is 3.79. The summed E-state index contributed by atoms with van der Waals surface area (Å²) in [5, 5.41) is 8.12. The van der Waals surface area contributed by atoms with E-state index >= 15 is 0 Å². The summed E-state index contributed by atoms with van der Waals surface area (Å²) in [7, 11) is 1.61. The van der Waals surface area contributed by atoms with Gasteiger partial charge in [-0.25, -0.2) is 0 Å². The highest BCUT2D eigenvalue weighted by Crippen LogP contribution is 2.29. The second-order valence-electron chi connectivity index (χ2n) is 5.91. The van der Waals surface area contributed by atoms with Gasteiger partial charge in [0, 0.05) is 25.2 Å². The highest BCUT2D eigenvalue weighted by Gasteiger charge is 2.15. The molecule has 0 bridgehead atoms. The van der Waals surface area contributed by atoms with Gasteiger partial charge in [-0.15, -0.1) is 0 Å². The van der Waals surface area contributed by atoms with Crippen molar-refractivity contribution in [3.63, 3.8) is 0 Å². The van der Waals surface area contributed by atoms with Gasteiger partial charge in [0.05, 0.1) is 24.0 Å². The third kappa shape index (κ3) is 3.83. The second-order valence-corrected chi connectivity index (χ2v) is 6.31.